The highest BCUT2D eigenvalue weighted by Crippen LogP contribution is 2.41. The fourth-order valence-corrected chi connectivity index (χ4v) is 4.30. The SMILES string of the molecule is CC1(C)CCC(N2CCSCC2CC(=O)O)C1. The third-order valence-electron chi connectivity index (χ3n) is 4.09. The van der Waals surface area contributed by atoms with Gasteiger partial charge >= 0.3 is 5.97 Å². The van der Waals surface area contributed by atoms with Crippen molar-refractivity contribution >= 4 is 17.7 Å². The van der Waals surface area contributed by atoms with E-state index in [4.69, 9.17) is 5.11 Å². The number of hydrogen-bond acceptors (Lipinski definition) is 3. The molecule has 2 unspecified atom stereocenters. The molecule has 1 N–H and O–H groups in total. The standard InChI is InChI=1S/C13H23NO2S/c1-13(2)4-3-10(8-13)14-5-6-17-9-11(14)7-12(15)16/h10-11H,3-9H2,1-2H3,(H,15,16). The van der Waals surface area contributed by atoms with E-state index in [9.17, 15) is 4.79 Å². The van der Waals surface area contributed by atoms with Crippen LogP contribution in [0.1, 0.15) is 39.5 Å². The molecule has 1 heterocycles. The number of rotatable bonds is 3. The van der Waals surface area contributed by atoms with Crippen molar-refractivity contribution in [2.45, 2.75) is 51.6 Å². The molecule has 2 atom stereocenters. The summed E-state index contributed by atoms with van der Waals surface area (Å²) >= 11 is 1.90. The Bertz CT molecular complexity index is 293. The van der Waals surface area contributed by atoms with Crippen LogP contribution in [0, 0.1) is 5.41 Å². The van der Waals surface area contributed by atoms with Crippen molar-refractivity contribution in [1.29, 1.82) is 0 Å². The molecule has 4 heteroatoms. The van der Waals surface area contributed by atoms with Gasteiger partial charge in [0.25, 0.3) is 0 Å². The van der Waals surface area contributed by atoms with Crippen molar-refractivity contribution in [3.8, 4) is 0 Å². The van der Waals surface area contributed by atoms with Crippen LogP contribution in [-0.2, 0) is 4.79 Å². The lowest BCUT2D eigenvalue weighted by Gasteiger charge is -2.39. The second kappa shape index (κ2) is 5.19. The highest BCUT2D eigenvalue weighted by atomic mass is 32.2. The summed E-state index contributed by atoms with van der Waals surface area (Å²) in [4.78, 5) is 13.4. The maximum Gasteiger partial charge on any atom is 0.304 e. The Balaban J connectivity index is 1.99. The van der Waals surface area contributed by atoms with Gasteiger partial charge in [-0.2, -0.15) is 11.8 Å². The number of carbonyl (C=O) groups is 1. The van der Waals surface area contributed by atoms with E-state index >= 15 is 0 Å². The van der Waals surface area contributed by atoms with Crippen molar-refractivity contribution < 1.29 is 9.90 Å². The van der Waals surface area contributed by atoms with Gasteiger partial charge in [-0.3, -0.25) is 9.69 Å². The van der Waals surface area contributed by atoms with E-state index in [1.165, 1.54) is 19.3 Å². The van der Waals surface area contributed by atoms with Gasteiger partial charge in [0.1, 0.15) is 0 Å². The molecule has 1 saturated carbocycles. The van der Waals surface area contributed by atoms with Crippen LogP contribution in [0.4, 0.5) is 0 Å². The summed E-state index contributed by atoms with van der Waals surface area (Å²) in [6.07, 6.45) is 4.06. The lowest BCUT2D eigenvalue weighted by Crippen LogP contribution is -2.48. The zero-order valence-electron chi connectivity index (χ0n) is 10.8. The molecule has 0 radical (unpaired) electrons. The van der Waals surface area contributed by atoms with Gasteiger partial charge in [-0.25, -0.2) is 0 Å². The van der Waals surface area contributed by atoms with Crippen LogP contribution in [0.3, 0.4) is 0 Å². The molecule has 0 aromatic rings. The molecule has 2 rings (SSSR count). The molecular formula is C13H23NO2S. The topological polar surface area (TPSA) is 40.5 Å². The fraction of sp³-hybridized carbons (Fsp3) is 0.923. The number of carboxylic acid groups (broad SMARTS) is 1. The van der Waals surface area contributed by atoms with Gasteiger partial charge in [0.05, 0.1) is 6.42 Å². The molecule has 17 heavy (non-hydrogen) atoms. The lowest BCUT2D eigenvalue weighted by molar-refractivity contribution is -0.138. The molecule has 1 aliphatic heterocycles. The van der Waals surface area contributed by atoms with Crippen LogP contribution >= 0.6 is 11.8 Å². The number of hydrogen-bond donors (Lipinski definition) is 1. The first-order chi connectivity index (χ1) is 7.98. The molecule has 3 nitrogen and oxygen atoms in total. The van der Waals surface area contributed by atoms with Crippen LogP contribution < -0.4 is 0 Å². The Hall–Kier alpha value is -0.220. The monoisotopic (exact) mass is 257 g/mol. The zero-order chi connectivity index (χ0) is 12.5. The molecule has 98 valence electrons. The molecule has 1 saturated heterocycles. The minimum absolute atomic E-state index is 0.255. The fourth-order valence-electron chi connectivity index (χ4n) is 3.21. The molecule has 1 aliphatic carbocycles. The van der Waals surface area contributed by atoms with Gasteiger partial charge in [0.2, 0.25) is 0 Å². The molecule has 0 aromatic heterocycles. The number of nitrogens with zero attached hydrogens (tertiary/aromatic N) is 1. The first-order valence-corrected chi connectivity index (χ1v) is 7.69. The first kappa shape index (κ1) is 13.2. The Morgan fingerprint density at radius 2 is 2.29 bits per heavy atom. The van der Waals surface area contributed by atoms with Crippen LogP contribution in [-0.4, -0.2) is 46.1 Å². The van der Waals surface area contributed by atoms with Crippen LogP contribution in [0.15, 0.2) is 0 Å². The van der Waals surface area contributed by atoms with Crippen molar-refractivity contribution in [2.75, 3.05) is 18.1 Å². The van der Waals surface area contributed by atoms with Gasteiger partial charge in [-0.05, 0) is 24.7 Å². The average molecular weight is 257 g/mol. The van der Waals surface area contributed by atoms with Crippen molar-refractivity contribution in [3.05, 3.63) is 0 Å². The van der Waals surface area contributed by atoms with Crippen LogP contribution in [0.25, 0.3) is 0 Å². The highest BCUT2D eigenvalue weighted by molar-refractivity contribution is 7.99. The van der Waals surface area contributed by atoms with Crippen LogP contribution in [0.2, 0.25) is 0 Å². The maximum atomic E-state index is 10.9. The summed E-state index contributed by atoms with van der Waals surface area (Å²) < 4.78 is 0. The van der Waals surface area contributed by atoms with Gasteiger partial charge in [-0.15, -0.1) is 0 Å². The molecule has 0 aromatic carbocycles. The Morgan fingerprint density at radius 1 is 1.53 bits per heavy atom. The minimum atomic E-state index is -0.653. The predicted octanol–water partition coefficient (Wildman–Crippen LogP) is 2.46. The summed E-state index contributed by atoms with van der Waals surface area (Å²) in [5.41, 5.74) is 0.447. The summed E-state index contributed by atoms with van der Waals surface area (Å²) in [5.74, 6) is 1.50. The van der Waals surface area contributed by atoms with E-state index in [-0.39, 0.29) is 6.04 Å². The molecule has 0 spiro atoms. The van der Waals surface area contributed by atoms with E-state index in [2.05, 4.69) is 18.7 Å². The Morgan fingerprint density at radius 3 is 2.88 bits per heavy atom. The molecule has 0 amide bonds. The quantitative estimate of drug-likeness (QED) is 0.843. The van der Waals surface area contributed by atoms with Crippen molar-refractivity contribution in [1.82, 2.24) is 4.90 Å². The minimum Gasteiger partial charge on any atom is -0.481 e. The molecule has 2 aliphatic rings. The van der Waals surface area contributed by atoms with E-state index in [0.29, 0.717) is 17.9 Å². The first-order valence-electron chi connectivity index (χ1n) is 6.53. The largest absolute Gasteiger partial charge is 0.481 e. The van der Waals surface area contributed by atoms with Crippen molar-refractivity contribution in [2.24, 2.45) is 5.41 Å². The summed E-state index contributed by atoms with van der Waals surface area (Å²) in [6, 6.07) is 0.875. The third-order valence-corrected chi connectivity index (χ3v) is 5.19. The van der Waals surface area contributed by atoms with E-state index in [0.717, 1.165) is 18.1 Å². The Kier molecular flexibility index (Phi) is 4.03. The van der Waals surface area contributed by atoms with Gasteiger partial charge in [0, 0.05) is 30.1 Å². The number of aliphatic carboxylic acids is 1. The van der Waals surface area contributed by atoms with Gasteiger partial charge in [-0.1, -0.05) is 13.8 Å². The number of thioether (sulfide) groups is 1. The summed E-state index contributed by atoms with van der Waals surface area (Å²) in [6.45, 7) is 5.74. The summed E-state index contributed by atoms with van der Waals surface area (Å²) in [7, 11) is 0. The molecule has 0 bridgehead atoms. The Labute approximate surface area is 108 Å². The number of carboxylic acids is 1. The van der Waals surface area contributed by atoms with E-state index in [1.54, 1.807) is 0 Å². The zero-order valence-corrected chi connectivity index (χ0v) is 11.6. The molecular weight excluding hydrogens is 234 g/mol. The van der Waals surface area contributed by atoms with E-state index < -0.39 is 5.97 Å². The van der Waals surface area contributed by atoms with E-state index in [1.807, 2.05) is 11.8 Å². The van der Waals surface area contributed by atoms with Gasteiger partial charge in [0.15, 0.2) is 0 Å². The maximum absolute atomic E-state index is 10.9. The third kappa shape index (κ3) is 3.38. The smallest absolute Gasteiger partial charge is 0.304 e. The van der Waals surface area contributed by atoms with Crippen molar-refractivity contribution in [3.63, 3.8) is 0 Å². The molecule has 2 fully saturated rings. The predicted molar refractivity (Wildman–Crippen MR) is 71.5 cm³/mol. The van der Waals surface area contributed by atoms with Crippen LogP contribution in [0.5, 0.6) is 0 Å². The summed E-state index contributed by atoms with van der Waals surface area (Å²) in [5, 5.41) is 8.99. The average Bonchev–Trinajstić information content (AvgIpc) is 2.59. The second-order valence-corrected chi connectivity index (χ2v) is 7.28. The second-order valence-electron chi connectivity index (χ2n) is 6.13. The normalized spacial score (nSPS) is 33.8. The highest BCUT2D eigenvalue weighted by Gasteiger charge is 2.38. The van der Waals surface area contributed by atoms with Gasteiger partial charge < -0.3 is 5.11 Å². The lowest BCUT2D eigenvalue weighted by atomic mass is 9.91.